The molecule has 0 fully saturated rings. The Morgan fingerprint density at radius 3 is 1.24 bits per heavy atom. The minimum absolute atomic E-state index is 1.20. The van der Waals surface area contributed by atoms with Gasteiger partial charge >= 0.3 is 0 Å². The van der Waals surface area contributed by atoms with Gasteiger partial charge in [0, 0.05) is 4.47 Å². The fourth-order valence-corrected chi connectivity index (χ4v) is 6.09. The lowest BCUT2D eigenvalue weighted by Gasteiger charge is -2.09. The van der Waals surface area contributed by atoms with Gasteiger partial charge in [-0.3, -0.25) is 0 Å². The minimum atomic E-state index is 1.20. The number of hydrogen-bond donors (Lipinski definition) is 0. The van der Waals surface area contributed by atoms with Crippen molar-refractivity contribution in [3.05, 3.63) is 58.1 Å². The molecule has 208 valence electrons. The highest BCUT2D eigenvalue weighted by Crippen LogP contribution is 2.30. The number of unbranched alkanes of at least 4 members (excludes halogenated alkanes) is 18. The van der Waals surface area contributed by atoms with Crippen molar-refractivity contribution in [2.75, 3.05) is 0 Å². The standard InChI is InChI=1S/C36H57Br/c1-3-5-7-9-11-13-15-17-19-21-23-32-25-28-34(29-26-32)35-30-27-33(31-36(35)37)24-22-20-18-16-14-12-10-8-6-4-2/h25-31H,3-24H2,1-2H3. The van der Waals surface area contributed by atoms with Gasteiger partial charge in [-0.15, -0.1) is 0 Å². The van der Waals surface area contributed by atoms with Crippen molar-refractivity contribution in [1.82, 2.24) is 0 Å². The Morgan fingerprint density at radius 2 is 0.811 bits per heavy atom. The monoisotopic (exact) mass is 568 g/mol. The summed E-state index contributed by atoms with van der Waals surface area (Å²) in [5, 5.41) is 0. The summed E-state index contributed by atoms with van der Waals surface area (Å²) in [6.07, 6.45) is 30.5. The number of halogens is 1. The highest BCUT2D eigenvalue weighted by Gasteiger charge is 2.05. The van der Waals surface area contributed by atoms with Gasteiger partial charge in [0.2, 0.25) is 0 Å². The summed E-state index contributed by atoms with van der Waals surface area (Å²) in [6.45, 7) is 4.59. The van der Waals surface area contributed by atoms with Gasteiger partial charge in [-0.1, -0.05) is 182 Å². The van der Waals surface area contributed by atoms with E-state index in [1.807, 2.05) is 0 Å². The molecule has 0 atom stereocenters. The van der Waals surface area contributed by atoms with E-state index in [0.29, 0.717) is 0 Å². The van der Waals surface area contributed by atoms with Crippen LogP contribution in [-0.2, 0) is 12.8 Å². The van der Waals surface area contributed by atoms with Gasteiger partial charge in [-0.05, 0) is 54.0 Å². The van der Waals surface area contributed by atoms with Crippen LogP contribution in [0.3, 0.4) is 0 Å². The van der Waals surface area contributed by atoms with Crippen LogP contribution in [0.4, 0.5) is 0 Å². The summed E-state index contributed by atoms with van der Waals surface area (Å²) in [4.78, 5) is 0. The van der Waals surface area contributed by atoms with E-state index in [0.717, 1.165) is 0 Å². The fraction of sp³-hybridized carbons (Fsp3) is 0.667. The molecule has 0 aromatic heterocycles. The Balaban J connectivity index is 1.59. The average Bonchev–Trinajstić information content (AvgIpc) is 2.91. The van der Waals surface area contributed by atoms with E-state index in [9.17, 15) is 0 Å². The Bertz CT molecular complexity index is 791. The van der Waals surface area contributed by atoms with Crippen molar-refractivity contribution in [2.45, 2.75) is 155 Å². The van der Waals surface area contributed by atoms with E-state index in [1.54, 1.807) is 0 Å². The van der Waals surface area contributed by atoms with Gasteiger partial charge in [-0.25, -0.2) is 0 Å². The average molecular weight is 570 g/mol. The Morgan fingerprint density at radius 1 is 0.432 bits per heavy atom. The molecule has 2 rings (SSSR count). The van der Waals surface area contributed by atoms with E-state index in [4.69, 9.17) is 0 Å². The van der Waals surface area contributed by atoms with Gasteiger partial charge in [-0.2, -0.15) is 0 Å². The van der Waals surface area contributed by atoms with Crippen LogP contribution in [0.2, 0.25) is 0 Å². The van der Waals surface area contributed by atoms with Crippen molar-refractivity contribution in [2.24, 2.45) is 0 Å². The van der Waals surface area contributed by atoms with Gasteiger partial charge in [0.15, 0.2) is 0 Å². The zero-order chi connectivity index (χ0) is 26.4. The molecule has 0 N–H and O–H groups in total. The molecule has 0 amide bonds. The molecule has 0 heterocycles. The molecule has 1 heteroatoms. The SMILES string of the molecule is CCCCCCCCCCCCc1ccc(-c2ccc(CCCCCCCCCCCC)cc2Br)cc1. The van der Waals surface area contributed by atoms with Crippen molar-refractivity contribution in [3.8, 4) is 11.1 Å². The van der Waals surface area contributed by atoms with Gasteiger partial charge in [0.05, 0.1) is 0 Å². The number of rotatable bonds is 23. The molecule has 0 aliphatic carbocycles. The van der Waals surface area contributed by atoms with Gasteiger partial charge in [0.1, 0.15) is 0 Å². The predicted molar refractivity (Wildman–Crippen MR) is 171 cm³/mol. The van der Waals surface area contributed by atoms with E-state index in [1.165, 1.54) is 168 Å². The topological polar surface area (TPSA) is 0 Å². The third kappa shape index (κ3) is 15.2. The van der Waals surface area contributed by atoms with E-state index < -0.39 is 0 Å². The molecule has 0 spiro atoms. The van der Waals surface area contributed by atoms with Crippen LogP contribution in [0.25, 0.3) is 11.1 Å². The zero-order valence-electron chi connectivity index (χ0n) is 24.5. The van der Waals surface area contributed by atoms with E-state index in [-0.39, 0.29) is 0 Å². The number of hydrogen-bond acceptors (Lipinski definition) is 0. The molecule has 0 unspecified atom stereocenters. The van der Waals surface area contributed by atoms with E-state index in [2.05, 4.69) is 72.2 Å². The van der Waals surface area contributed by atoms with Crippen LogP contribution in [0.1, 0.15) is 153 Å². The zero-order valence-corrected chi connectivity index (χ0v) is 26.1. The van der Waals surface area contributed by atoms with Gasteiger partial charge in [0.25, 0.3) is 0 Å². The molecule has 2 aromatic rings. The summed E-state index contributed by atoms with van der Waals surface area (Å²) in [5.41, 5.74) is 5.59. The molecule has 0 aliphatic heterocycles. The largest absolute Gasteiger partial charge is 0.0654 e. The molecule has 0 saturated heterocycles. The normalized spacial score (nSPS) is 11.3. The first kappa shape index (κ1) is 32.1. The molecular weight excluding hydrogens is 512 g/mol. The van der Waals surface area contributed by atoms with Crippen molar-refractivity contribution >= 4 is 15.9 Å². The van der Waals surface area contributed by atoms with Crippen molar-refractivity contribution in [3.63, 3.8) is 0 Å². The maximum Gasteiger partial charge on any atom is 0.0256 e. The molecule has 2 aromatic carbocycles. The Labute approximate surface area is 239 Å². The summed E-state index contributed by atoms with van der Waals surface area (Å²) in [7, 11) is 0. The minimum Gasteiger partial charge on any atom is -0.0654 e. The fourth-order valence-electron chi connectivity index (χ4n) is 5.43. The van der Waals surface area contributed by atoms with Gasteiger partial charge < -0.3 is 0 Å². The third-order valence-electron chi connectivity index (χ3n) is 7.94. The second kappa shape index (κ2) is 21.8. The molecule has 0 nitrogen and oxygen atoms in total. The van der Waals surface area contributed by atoms with Crippen LogP contribution < -0.4 is 0 Å². The molecule has 0 saturated carbocycles. The molecule has 37 heavy (non-hydrogen) atoms. The van der Waals surface area contributed by atoms with Crippen LogP contribution in [0.5, 0.6) is 0 Å². The molecule has 0 radical (unpaired) electrons. The smallest absolute Gasteiger partial charge is 0.0256 e. The lowest BCUT2D eigenvalue weighted by molar-refractivity contribution is 0.556. The maximum absolute atomic E-state index is 3.86. The second-order valence-corrected chi connectivity index (χ2v) is 12.2. The first-order chi connectivity index (χ1) is 18.2. The molecular formula is C36H57Br. The van der Waals surface area contributed by atoms with Crippen LogP contribution >= 0.6 is 15.9 Å². The Hall–Kier alpha value is -1.08. The molecule has 0 aliphatic rings. The second-order valence-electron chi connectivity index (χ2n) is 11.4. The summed E-state index contributed by atoms with van der Waals surface area (Å²) in [5.74, 6) is 0. The van der Waals surface area contributed by atoms with Crippen LogP contribution in [-0.4, -0.2) is 0 Å². The highest BCUT2D eigenvalue weighted by molar-refractivity contribution is 9.10. The van der Waals surface area contributed by atoms with Crippen LogP contribution in [0, 0.1) is 0 Å². The summed E-state index contributed by atoms with van der Waals surface area (Å²) < 4.78 is 1.24. The van der Waals surface area contributed by atoms with Crippen molar-refractivity contribution < 1.29 is 0 Å². The first-order valence-electron chi connectivity index (χ1n) is 16.1. The highest BCUT2D eigenvalue weighted by atomic mass is 79.9. The maximum atomic E-state index is 3.86. The number of aryl methyl sites for hydroxylation is 2. The summed E-state index contributed by atoms with van der Waals surface area (Å²) >= 11 is 3.86. The number of benzene rings is 2. The summed E-state index contributed by atoms with van der Waals surface area (Å²) in [6, 6.07) is 16.3. The van der Waals surface area contributed by atoms with Crippen molar-refractivity contribution in [1.29, 1.82) is 0 Å². The van der Waals surface area contributed by atoms with E-state index >= 15 is 0 Å². The quantitative estimate of drug-likeness (QED) is 0.117. The predicted octanol–water partition coefficient (Wildman–Crippen LogP) is 13.0. The lowest BCUT2D eigenvalue weighted by atomic mass is 9.98. The van der Waals surface area contributed by atoms with Crippen LogP contribution in [0.15, 0.2) is 46.9 Å². The molecule has 0 bridgehead atoms. The third-order valence-corrected chi connectivity index (χ3v) is 8.59. The lowest BCUT2D eigenvalue weighted by Crippen LogP contribution is -1.90. The Kier molecular flexibility index (Phi) is 18.9. The first-order valence-corrected chi connectivity index (χ1v) is 16.9.